The molecule has 2 heterocycles. The zero-order valence-corrected chi connectivity index (χ0v) is 10.1. The number of pyridine rings is 1. The molecular formula is C14H9ClN2O. The minimum atomic E-state index is 0.603. The maximum Gasteiger partial charge on any atom is 0.152 e. The summed E-state index contributed by atoms with van der Waals surface area (Å²) in [6.45, 7) is 0. The number of fused-ring (bicyclic) bond motifs is 1. The zero-order valence-electron chi connectivity index (χ0n) is 9.35. The number of rotatable bonds is 2. The lowest BCUT2D eigenvalue weighted by atomic mass is 10.1. The predicted molar refractivity (Wildman–Crippen MR) is 71.9 cm³/mol. The Labute approximate surface area is 108 Å². The first kappa shape index (κ1) is 11.0. The first-order valence-electron chi connectivity index (χ1n) is 5.47. The van der Waals surface area contributed by atoms with E-state index in [-0.39, 0.29) is 0 Å². The van der Waals surface area contributed by atoms with E-state index in [0.717, 1.165) is 28.4 Å². The van der Waals surface area contributed by atoms with Crippen molar-refractivity contribution in [1.29, 1.82) is 0 Å². The molecule has 1 N–H and O–H groups in total. The van der Waals surface area contributed by atoms with Crippen molar-refractivity contribution in [3.8, 4) is 11.3 Å². The molecule has 0 saturated carbocycles. The number of para-hydroxylation sites is 1. The van der Waals surface area contributed by atoms with Crippen LogP contribution >= 0.6 is 11.6 Å². The van der Waals surface area contributed by atoms with E-state index in [1.54, 1.807) is 18.5 Å². The zero-order chi connectivity index (χ0) is 12.5. The van der Waals surface area contributed by atoms with E-state index >= 15 is 0 Å². The molecule has 0 atom stereocenters. The van der Waals surface area contributed by atoms with Crippen LogP contribution in [0.1, 0.15) is 10.4 Å². The van der Waals surface area contributed by atoms with Gasteiger partial charge in [0.1, 0.15) is 0 Å². The number of aldehydes is 1. The third kappa shape index (κ3) is 1.60. The summed E-state index contributed by atoms with van der Waals surface area (Å²) in [5.41, 5.74) is 3.01. The number of hydrogen-bond donors (Lipinski definition) is 1. The molecule has 0 saturated heterocycles. The van der Waals surface area contributed by atoms with Crippen molar-refractivity contribution >= 4 is 28.8 Å². The molecule has 2 aromatic heterocycles. The quantitative estimate of drug-likeness (QED) is 0.711. The van der Waals surface area contributed by atoms with Gasteiger partial charge < -0.3 is 4.98 Å². The van der Waals surface area contributed by atoms with Gasteiger partial charge in [0.2, 0.25) is 0 Å². The van der Waals surface area contributed by atoms with Gasteiger partial charge in [0, 0.05) is 28.9 Å². The van der Waals surface area contributed by atoms with Crippen LogP contribution in [0.3, 0.4) is 0 Å². The fourth-order valence-corrected chi connectivity index (χ4v) is 2.29. The van der Waals surface area contributed by atoms with Gasteiger partial charge in [0.25, 0.3) is 0 Å². The van der Waals surface area contributed by atoms with Crippen molar-refractivity contribution in [2.45, 2.75) is 0 Å². The van der Waals surface area contributed by atoms with Gasteiger partial charge in [-0.05, 0) is 18.2 Å². The lowest BCUT2D eigenvalue weighted by Crippen LogP contribution is -1.84. The summed E-state index contributed by atoms with van der Waals surface area (Å²) >= 11 is 6.12. The summed E-state index contributed by atoms with van der Waals surface area (Å²) in [4.78, 5) is 18.6. The van der Waals surface area contributed by atoms with Crippen LogP contribution in [0.4, 0.5) is 0 Å². The second kappa shape index (κ2) is 4.27. The van der Waals surface area contributed by atoms with Crippen LogP contribution in [0, 0.1) is 0 Å². The van der Waals surface area contributed by atoms with E-state index in [4.69, 9.17) is 11.6 Å². The van der Waals surface area contributed by atoms with Crippen LogP contribution in [0.2, 0.25) is 5.02 Å². The number of aromatic nitrogens is 2. The molecule has 88 valence electrons. The normalized spacial score (nSPS) is 10.7. The summed E-state index contributed by atoms with van der Waals surface area (Å²) in [5, 5.41) is 1.43. The van der Waals surface area contributed by atoms with E-state index in [9.17, 15) is 4.79 Å². The first-order valence-corrected chi connectivity index (χ1v) is 5.85. The van der Waals surface area contributed by atoms with E-state index in [0.29, 0.717) is 10.6 Å². The van der Waals surface area contributed by atoms with Gasteiger partial charge in [-0.3, -0.25) is 9.78 Å². The van der Waals surface area contributed by atoms with Gasteiger partial charge in [-0.25, -0.2) is 0 Å². The molecule has 0 amide bonds. The van der Waals surface area contributed by atoms with Crippen LogP contribution in [-0.2, 0) is 0 Å². The Morgan fingerprint density at radius 2 is 2.11 bits per heavy atom. The topological polar surface area (TPSA) is 45.8 Å². The lowest BCUT2D eigenvalue weighted by Gasteiger charge is -1.97. The van der Waals surface area contributed by atoms with Crippen molar-refractivity contribution < 1.29 is 4.79 Å². The number of benzene rings is 1. The fourth-order valence-electron chi connectivity index (χ4n) is 2.06. The SMILES string of the molecule is O=Cc1c(-c2cccnc2)[nH]c2c(Cl)cccc12. The predicted octanol–water partition coefficient (Wildman–Crippen LogP) is 3.70. The molecule has 0 spiro atoms. The molecule has 0 unspecified atom stereocenters. The Bertz CT molecular complexity index is 719. The third-order valence-corrected chi connectivity index (χ3v) is 3.21. The second-order valence-electron chi connectivity index (χ2n) is 3.94. The molecule has 18 heavy (non-hydrogen) atoms. The Balaban J connectivity index is 2.37. The molecular weight excluding hydrogens is 248 g/mol. The van der Waals surface area contributed by atoms with E-state index in [2.05, 4.69) is 9.97 Å². The van der Waals surface area contributed by atoms with E-state index in [1.165, 1.54) is 0 Å². The minimum Gasteiger partial charge on any atom is -0.353 e. The number of halogens is 1. The number of H-pyrrole nitrogens is 1. The number of carbonyl (C=O) groups is 1. The number of hydrogen-bond acceptors (Lipinski definition) is 2. The molecule has 0 bridgehead atoms. The molecule has 4 heteroatoms. The van der Waals surface area contributed by atoms with Gasteiger partial charge in [-0.1, -0.05) is 23.7 Å². The smallest absolute Gasteiger partial charge is 0.152 e. The van der Waals surface area contributed by atoms with Crippen molar-refractivity contribution in [2.24, 2.45) is 0 Å². The Hall–Kier alpha value is -2.13. The van der Waals surface area contributed by atoms with Crippen molar-refractivity contribution in [2.75, 3.05) is 0 Å². The average Bonchev–Trinajstić information content (AvgIpc) is 2.80. The summed E-state index contributed by atoms with van der Waals surface area (Å²) < 4.78 is 0. The molecule has 0 aliphatic carbocycles. The van der Waals surface area contributed by atoms with Crippen LogP contribution < -0.4 is 0 Å². The van der Waals surface area contributed by atoms with Crippen molar-refractivity contribution in [1.82, 2.24) is 9.97 Å². The fraction of sp³-hybridized carbons (Fsp3) is 0. The van der Waals surface area contributed by atoms with Gasteiger partial charge in [-0.15, -0.1) is 0 Å². The maximum atomic E-state index is 11.3. The molecule has 1 aromatic carbocycles. The standard InChI is InChI=1S/C14H9ClN2O/c15-12-5-1-4-10-11(8-18)13(17-14(10)12)9-3-2-6-16-7-9/h1-8,17H. The Morgan fingerprint density at radius 3 is 2.83 bits per heavy atom. The molecule has 3 aromatic rings. The van der Waals surface area contributed by atoms with Gasteiger partial charge in [0.15, 0.2) is 6.29 Å². The molecule has 0 radical (unpaired) electrons. The number of carbonyl (C=O) groups excluding carboxylic acids is 1. The Morgan fingerprint density at radius 1 is 1.22 bits per heavy atom. The lowest BCUT2D eigenvalue weighted by molar-refractivity contribution is 0.112. The first-order chi connectivity index (χ1) is 8.81. The highest BCUT2D eigenvalue weighted by Crippen LogP contribution is 2.32. The van der Waals surface area contributed by atoms with Crippen LogP contribution in [0.5, 0.6) is 0 Å². The summed E-state index contributed by atoms with van der Waals surface area (Å²) in [6.07, 6.45) is 4.25. The number of aromatic amines is 1. The van der Waals surface area contributed by atoms with Gasteiger partial charge in [0.05, 0.1) is 16.2 Å². The van der Waals surface area contributed by atoms with E-state index < -0.39 is 0 Å². The van der Waals surface area contributed by atoms with Crippen LogP contribution in [0.15, 0.2) is 42.7 Å². The highest BCUT2D eigenvalue weighted by molar-refractivity contribution is 6.35. The Kier molecular flexibility index (Phi) is 2.61. The average molecular weight is 257 g/mol. The second-order valence-corrected chi connectivity index (χ2v) is 4.34. The van der Waals surface area contributed by atoms with Crippen LogP contribution in [0.25, 0.3) is 22.2 Å². The summed E-state index contributed by atoms with van der Waals surface area (Å²) in [5.74, 6) is 0. The van der Waals surface area contributed by atoms with E-state index in [1.807, 2.05) is 24.3 Å². The van der Waals surface area contributed by atoms with Crippen molar-refractivity contribution in [3.63, 3.8) is 0 Å². The highest BCUT2D eigenvalue weighted by Gasteiger charge is 2.13. The van der Waals surface area contributed by atoms with Crippen molar-refractivity contribution in [3.05, 3.63) is 53.3 Å². The monoisotopic (exact) mass is 256 g/mol. The largest absolute Gasteiger partial charge is 0.353 e. The molecule has 0 aliphatic rings. The number of nitrogens with zero attached hydrogens (tertiary/aromatic N) is 1. The molecule has 0 aliphatic heterocycles. The number of nitrogens with one attached hydrogen (secondary N) is 1. The summed E-state index contributed by atoms with van der Waals surface area (Å²) in [6, 6.07) is 9.23. The molecule has 3 rings (SSSR count). The van der Waals surface area contributed by atoms with Gasteiger partial charge in [-0.2, -0.15) is 0 Å². The summed E-state index contributed by atoms with van der Waals surface area (Å²) in [7, 11) is 0. The molecule has 3 nitrogen and oxygen atoms in total. The highest BCUT2D eigenvalue weighted by atomic mass is 35.5. The van der Waals surface area contributed by atoms with Gasteiger partial charge >= 0.3 is 0 Å². The molecule has 0 fully saturated rings. The van der Waals surface area contributed by atoms with Crippen LogP contribution in [-0.4, -0.2) is 16.3 Å². The maximum absolute atomic E-state index is 11.3. The third-order valence-electron chi connectivity index (χ3n) is 2.89. The minimum absolute atomic E-state index is 0.603.